The van der Waals surface area contributed by atoms with Crippen molar-refractivity contribution in [2.75, 3.05) is 5.32 Å². The van der Waals surface area contributed by atoms with E-state index in [0.29, 0.717) is 0 Å². The number of anilines is 1. The van der Waals surface area contributed by atoms with E-state index in [1.165, 1.54) is 18.2 Å². The summed E-state index contributed by atoms with van der Waals surface area (Å²) in [4.78, 5) is 33.1. The van der Waals surface area contributed by atoms with Gasteiger partial charge in [0, 0.05) is 5.69 Å². The maximum atomic E-state index is 11.6. The van der Waals surface area contributed by atoms with Crippen molar-refractivity contribution in [3.05, 3.63) is 28.8 Å². The van der Waals surface area contributed by atoms with Gasteiger partial charge in [0.1, 0.15) is 0 Å². The number of carboxylic acids is 1. The zero-order chi connectivity index (χ0) is 14.6. The quantitative estimate of drug-likeness (QED) is 0.612. The van der Waals surface area contributed by atoms with Gasteiger partial charge in [-0.3, -0.25) is 9.59 Å². The van der Waals surface area contributed by atoms with Gasteiger partial charge in [0.25, 0.3) is 0 Å². The minimum absolute atomic E-state index is 0.0481. The number of amides is 2. The Bertz CT molecular complexity index is 533. The molecule has 0 spiro atoms. The molecule has 1 rings (SSSR count). The van der Waals surface area contributed by atoms with Crippen LogP contribution in [0.1, 0.15) is 16.8 Å². The summed E-state index contributed by atoms with van der Waals surface area (Å²) in [5.74, 6) is -2.56. The number of carbonyl (C=O) groups is 3. The second-order valence-electron chi connectivity index (χ2n) is 3.77. The smallest absolute Gasteiger partial charge is 0.337 e. The van der Waals surface area contributed by atoms with E-state index in [1.807, 2.05) is 0 Å². The van der Waals surface area contributed by atoms with E-state index in [9.17, 15) is 14.4 Å². The highest BCUT2D eigenvalue weighted by atomic mass is 35.5. The van der Waals surface area contributed by atoms with Gasteiger partial charge in [0.05, 0.1) is 23.0 Å². The van der Waals surface area contributed by atoms with Crippen LogP contribution in [0, 0.1) is 0 Å². The number of nitrogens with two attached hydrogens (primary N) is 2. The molecule has 0 heterocycles. The summed E-state index contributed by atoms with van der Waals surface area (Å²) < 4.78 is 0. The number of primary amides is 1. The molecule has 1 aromatic carbocycles. The third-order valence-corrected chi connectivity index (χ3v) is 2.55. The van der Waals surface area contributed by atoms with Crippen LogP contribution in [0.3, 0.4) is 0 Å². The average molecular weight is 286 g/mol. The summed E-state index contributed by atoms with van der Waals surface area (Å²) in [7, 11) is 0. The van der Waals surface area contributed by atoms with Crippen molar-refractivity contribution in [1.82, 2.24) is 0 Å². The molecular weight excluding hydrogens is 274 g/mol. The Balaban J connectivity index is 2.83. The number of hydrogen-bond acceptors (Lipinski definition) is 4. The second-order valence-corrected chi connectivity index (χ2v) is 4.17. The molecule has 8 heteroatoms. The predicted octanol–water partition coefficient (Wildman–Crippen LogP) is 0.179. The summed E-state index contributed by atoms with van der Waals surface area (Å²) in [6.07, 6.45) is -0.300. The fourth-order valence-corrected chi connectivity index (χ4v) is 1.51. The van der Waals surface area contributed by atoms with Crippen LogP contribution in [-0.4, -0.2) is 28.9 Å². The third kappa shape index (κ3) is 4.23. The molecule has 0 radical (unpaired) electrons. The van der Waals surface area contributed by atoms with Crippen molar-refractivity contribution in [2.45, 2.75) is 12.5 Å². The molecule has 7 nitrogen and oxygen atoms in total. The van der Waals surface area contributed by atoms with Gasteiger partial charge < -0.3 is 21.9 Å². The molecule has 0 aliphatic heterocycles. The first-order chi connectivity index (χ1) is 8.81. The maximum Gasteiger partial charge on any atom is 0.337 e. The minimum Gasteiger partial charge on any atom is -0.478 e. The molecule has 0 aliphatic rings. The topological polar surface area (TPSA) is 136 Å². The Morgan fingerprint density at radius 3 is 2.53 bits per heavy atom. The molecule has 0 fully saturated rings. The van der Waals surface area contributed by atoms with E-state index in [1.54, 1.807) is 0 Å². The zero-order valence-electron chi connectivity index (χ0n) is 9.72. The van der Waals surface area contributed by atoms with E-state index in [4.69, 9.17) is 28.2 Å². The van der Waals surface area contributed by atoms with Crippen molar-refractivity contribution in [2.24, 2.45) is 11.5 Å². The van der Waals surface area contributed by atoms with Gasteiger partial charge in [0.2, 0.25) is 11.8 Å². The number of nitrogens with one attached hydrogen (secondary N) is 1. The maximum absolute atomic E-state index is 11.6. The van der Waals surface area contributed by atoms with E-state index >= 15 is 0 Å². The van der Waals surface area contributed by atoms with Gasteiger partial charge in [-0.05, 0) is 18.2 Å². The number of carbonyl (C=O) groups excluding carboxylic acids is 2. The molecule has 1 atom stereocenters. The lowest BCUT2D eigenvalue weighted by molar-refractivity contribution is -0.123. The largest absolute Gasteiger partial charge is 0.478 e. The van der Waals surface area contributed by atoms with Crippen LogP contribution in [0.5, 0.6) is 0 Å². The number of hydrogen-bond donors (Lipinski definition) is 4. The first-order valence-corrected chi connectivity index (χ1v) is 5.56. The van der Waals surface area contributed by atoms with Crippen LogP contribution in [0.2, 0.25) is 5.02 Å². The second kappa shape index (κ2) is 6.17. The van der Waals surface area contributed by atoms with Crippen LogP contribution in [-0.2, 0) is 9.59 Å². The van der Waals surface area contributed by atoms with Crippen molar-refractivity contribution in [1.29, 1.82) is 0 Å². The molecule has 0 aromatic heterocycles. The van der Waals surface area contributed by atoms with Gasteiger partial charge in [-0.1, -0.05) is 11.6 Å². The Kier molecular flexibility index (Phi) is 4.85. The van der Waals surface area contributed by atoms with E-state index in [2.05, 4.69) is 5.32 Å². The summed E-state index contributed by atoms with van der Waals surface area (Å²) >= 11 is 5.68. The Hall–Kier alpha value is -2.12. The van der Waals surface area contributed by atoms with Crippen LogP contribution in [0.15, 0.2) is 18.2 Å². The normalized spacial score (nSPS) is 11.7. The lowest BCUT2D eigenvalue weighted by Gasteiger charge is -2.11. The van der Waals surface area contributed by atoms with Crippen molar-refractivity contribution >= 4 is 35.1 Å². The lowest BCUT2D eigenvalue weighted by Crippen LogP contribution is -2.39. The number of rotatable bonds is 5. The molecule has 1 aromatic rings. The third-order valence-electron chi connectivity index (χ3n) is 2.22. The highest BCUT2D eigenvalue weighted by Crippen LogP contribution is 2.20. The first-order valence-electron chi connectivity index (χ1n) is 5.19. The Morgan fingerprint density at radius 2 is 2.00 bits per heavy atom. The van der Waals surface area contributed by atoms with Crippen LogP contribution in [0.4, 0.5) is 5.69 Å². The fourth-order valence-electron chi connectivity index (χ4n) is 1.31. The zero-order valence-corrected chi connectivity index (χ0v) is 10.5. The summed E-state index contributed by atoms with van der Waals surface area (Å²) in [5.41, 5.74) is 10.4. The van der Waals surface area contributed by atoms with Crippen LogP contribution < -0.4 is 16.8 Å². The first kappa shape index (κ1) is 14.9. The monoisotopic (exact) mass is 285 g/mol. The van der Waals surface area contributed by atoms with Crippen LogP contribution in [0.25, 0.3) is 0 Å². The fraction of sp³-hybridized carbons (Fsp3) is 0.182. The van der Waals surface area contributed by atoms with Gasteiger partial charge in [0.15, 0.2) is 0 Å². The van der Waals surface area contributed by atoms with E-state index in [-0.39, 0.29) is 22.7 Å². The van der Waals surface area contributed by atoms with E-state index < -0.39 is 23.8 Å². The molecule has 0 bridgehead atoms. The number of aromatic carboxylic acids is 1. The molecule has 19 heavy (non-hydrogen) atoms. The number of benzene rings is 1. The minimum atomic E-state index is -1.22. The van der Waals surface area contributed by atoms with Gasteiger partial charge >= 0.3 is 5.97 Å². The molecule has 6 N–H and O–H groups in total. The molecule has 102 valence electrons. The molecule has 0 saturated carbocycles. The van der Waals surface area contributed by atoms with Crippen molar-refractivity contribution in [3.63, 3.8) is 0 Å². The molecule has 2 amide bonds. The standard InChI is InChI=1S/C11H12ClN3O4/c12-7-2-1-5(3-6(7)11(18)19)15-10(17)8(13)4-9(14)16/h1-3,8H,4,13H2,(H2,14,16)(H,15,17)(H,18,19). The SMILES string of the molecule is NC(=O)CC(N)C(=O)Nc1ccc(Cl)c(C(=O)O)c1. The highest BCUT2D eigenvalue weighted by Gasteiger charge is 2.17. The lowest BCUT2D eigenvalue weighted by atomic mass is 10.1. The molecule has 0 saturated heterocycles. The Morgan fingerprint density at radius 1 is 1.37 bits per heavy atom. The highest BCUT2D eigenvalue weighted by molar-refractivity contribution is 6.33. The molecule has 1 unspecified atom stereocenters. The van der Waals surface area contributed by atoms with Crippen molar-refractivity contribution in [3.8, 4) is 0 Å². The van der Waals surface area contributed by atoms with Gasteiger partial charge in [-0.2, -0.15) is 0 Å². The number of carboxylic acid groups (broad SMARTS) is 1. The van der Waals surface area contributed by atoms with Gasteiger partial charge in [-0.25, -0.2) is 4.79 Å². The molecular formula is C11H12ClN3O4. The summed E-state index contributed by atoms with van der Waals surface area (Å²) in [6, 6.07) is 2.85. The van der Waals surface area contributed by atoms with Crippen LogP contribution >= 0.6 is 11.6 Å². The Labute approximate surface area is 113 Å². The summed E-state index contributed by atoms with van der Waals surface area (Å²) in [6.45, 7) is 0. The van der Waals surface area contributed by atoms with Crippen molar-refractivity contribution < 1.29 is 19.5 Å². The predicted molar refractivity (Wildman–Crippen MR) is 68.8 cm³/mol. The summed E-state index contributed by atoms with van der Waals surface area (Å²) in [5, 5.41) is 11.3. The average Bonchev–Trinajstić information content (AvgIpc) is 2.30. The molecule has 0 aliphatic carbocycles. The number of halogens is 1. The van der Waals surface area contributed by atoms with Gasteiger partial charge in [-0.15, -0.1) is 0 Å². The van der Waals surface area contributed by atoms with E-state index in [0.717, 1.165) is 0 Å².